The summed E-state index contributed by atoms with van der Waals surface area (Å²) in [5.41, 5.74) is 3.97. The van der Waals surface area contributed by atoms with Gasteiger partial charge in [0.25, 0.3) is 0 Å². The zero-order valence-electron chi connectivity index (χ0n) is 12.0. The monoisotopic (exact) mass is 259 g/mol. The lowest BCUT2D eigenvalue weighted by Crippen LogP contribution is -2.21. The van der Waals surface area contributed by atoms with E-state index in [1.165, 1.54) is 16.7 Å². The fourth-order valence-corrected chi connectivity index (χ4v) is 1.99. The first kappa shape index (κ1) is 13.7. The molecule has 1 aromatic heterocycles. The van der Waals surface area contributed by atoms with E-state index in [1.807, 2.05) is 6.92 Å². The average Bonchev–Trinajstić information content (AvgIpc) is 2.78. The van der Waals surface area contributed by atoms with Crippen molar-refractivity contribution in [2.45, 2.75) is 40.2 Å². The van der Waals surface area contributed by atoms with Gasteiger partial charge in [0, 0.05) is 19.0 Å². The first-order chi connectivity index (χ1) is 9.06. The molecule has 0 bridgehead atoms. The van der Waals surface area contributed by atoms with E-state index in [0.717, 1.165) is 13.0 Å². The van der Waals surface area contributed by atoms with Crippen molar-refractivity contribution in [2.75, 3.05) is 6.54 Å². The Morgan fingerprint density at radius 1 is 1.21 bits per heavy atom. The number of rotatable bonds is 5. The van der Waals surface area contributed by atoms with Crippen molar-refractivity contribution in [1.29, 1.82) is 0 Å². The lowest BCUT2D eigenvalue weighted by molar-refractivity contribution is 0.370. The highest BCUT2D eigenvalue weighted by Crippen LogP contribution is 2.16. The zero-order chi connectivity index (χ0) is 13.8. The minimum atomic E-state index is 0.323. The van der Waals surface area contributed by atoms with Crippen LogP contribution in [-0.4, -0.2) is 16.7 Å². The third-order valence-corrected chi connectivity index (χ3v) is 3.39. The van der Waals surface area contributed by atoms with Gasteiger partial charge in [0.15, 0.2) is 5.82 Å². The molecule has 2 rings (SSSR count). The number of hydrogen-bond donors (Lipinski definition) is 1. The molecule has 1 atom stereocenters. The normalized spacial score (nSPS) is 12.6. The van der Waals surface area contributed by atoms with E-state index >= 15 is 0 Å². The topological polar surface area (TPSA) is 51.0 Å². The van der Waals surface area contributed by atoms with Crippen LogP contribution >= 0.6 is 0 Å². The fraction of sp³-hybridized carbons (Fsp3) is 0.467. The van der Waals surface area contributed by atoms with Crippen molar-refractivity contribution >= 4 is 0 Å². The molecule has 102 valence electrons. The van der Waals surface area contributed by atoms with Gasteiger partial charge in [0.1, 0.15) is 0 Å². The highest BCUT2D eigenvalue weighted by atomic mass is 16.5. The molecular formula is C15H21N3O. The Morgan fingerprint density at radius 2 is 2.00 bits per heavy atom. The Hall–Kier alpha value is -1.68. The fourth-order valence-electron chi connectivity index (χ4n) is 1.99. The Kier molecular flexibility index (Phi) is 4.32. The quantitative estimate of drug-likeness (QED) is 0.897. The van der Waals surface area contributed by atoms with E-state index in [4.69, 9.17) is 4.52 Å². The molecule has 0 radical (unpaired) electrons. The Labute approximate surface area is 114 Å². The van der Waals surface area contributed by atoms with Gasteiger partial charge in [-0.3, -0.25) is 0 Å². The molecule has 4 nitrogen and oxygen atoms in total. The molecule has 0 spiro atoms. The zero-order valence-corrected chi connectivity index (χ0v) is 12.0. The predicted octanol–water partition coefficient (Wildman–Crippen LogP) is 2.89. The minimum absolute atomic E-state index is 0.323. The summed E-state index contributed by atoms with van der Waals surface area (Å²) < 4.78 is 5.09. The highest BCUT2D eigenvalue weighted by Gasteiger charge is 2.07. The van der Waals surface area contributed by atoms with Crippen LogP contribution in [0.1, 0.15) is 41.4 Å². The van der Waals surface area contributed by atoms with Gasteiger partial charge in [0.2, 0.25) is 5.89 Å². The maximum atomic E-state index is 5.09. The van der Waals surface area contributed by atoms with Crippen molar-refractivity contribution in [2.24, 2.45) is 0 Å². The van der Waals surface area contributed by atoms with Crippen LogP contribution in [0.5, 0.6) is 0 Å². The van der Waals surface area contributed by atoms with Gasteiger partial charge in [-0.15, -0.1) is 0 Å². The summed E-state index contributed by atoms with van der Waals surface area (Å²) in [5, 5.41) is 7.26. The second-order valence-electron chi connectivity index (χ2n) is 5.00. The second kappa shape index (κ2) is 5.97. The van der Waals surface area contributed by atoms with Gasteiger partial charge in [-0.2, -0.15) is 4.98 Å². The average molecular weight is 259 g/mol. The molecule has 0 saturated heterocycles. The van der Waals surface area contributed by atoms with Crippen LogP contribution in [0.3, 0.4) is 0 Å². The predicted molar refractivity (Wildman–Crippen MR) is 75.1 cm³/mol. The van der Waals surface area contributed by atoms with Crippen LogP contribution in [0.25, 0.3) is 0 Å². The molecule has 0 aliphatic heterocycles. The lowest BCUT2D eigenvalue weighted by Gasteiger charge is -2.15. The molecule has 0 fully saturated rings. The largest absolute Gasteiger partial charge is 0.339 e. The molecule has 1 aromatic carbocycles. The van der Waals surface area contributed by atoms with Gasteiger partial charge in [-0.1, -0.05) is 23.4 Å². The number of benzene rings is 1. The van der Waals surface area contributed by atoms with Gasteiger partial charge in [-0.05, 0) is 44.4 Å². The van der Waals surface area contributed by atoms with E-state index in [9.17, 15) is 0 Å². The molecule has 0 aliphatic carbocycles. The first-order valence-corrected chi connectivity index (χ1v) is 6.66. The van der Waals surface area contributed by atoms with Crippen molar-refractivity contribution < 1.29 is 4.52 Å². The number of hydrogen-bond acceptors (Lipinski definition) is 4. The molecule has 1 N–H and O–H groups in total. The van der Waals surface area contributed by atoms with Crippen molar-refractivity contribution in [3.8, 4) is 0 Å². The van der Waals surface area contributed by atoms with Crippen LogP contribution in [-0.2, 0) is 6.42 Å². The summed E-state index contributed by atoms with van der Waals surface area (Å²) in [6.07, 6.45) is 0.760. The summed E-state index contributed by atoms with van der Waals surface area (Å²) in [6, 6.07) is 6.91. The van der Waals surface area contributed by atoms with E-state index in [0.29, 0.717) is 17.8 Å². The first-order valence-electron chi connectivity index (χ1n) is 6.66. The summed E-state index contributed by atoms with van der Waals surface area (Å²) in [6.45, 7) is 9.11. The van der Waals surface area contributed by atoms with E-state index in [2.05, 4.69) is 54.4 Å². The van der Waals surface area contributed by atoms with E-state index < -0.39 is 0 Å². The Morgan fingerprint density at radius 3 is 2.63 bits per heavy atom. The molecule has 1 unspecified atom stereocenters. The van der Waals surface area contributed by atoms with Crippen LogP contribution in [0, 0.1) is 20.8 Å². The van der Waals surface area contributed by atoms with E-state index in [1.54, 1.807) is 0 Å². The van der Waals surface area contributed by atoms with Gasteiger partial charge in [-0.25, -0.2) is 0 Å². The van der Waals surface area contributed by atoms with Crippen molar-refractivity contribution in [3.05, 3.63) is 46.6 Å². The summed E-state index contributed by atoms with van der Waals surface area (Å²) in [7, 11) is 0. The number of nitrogens with one attached hydrogen (secondary N) is 1. The molecule has 2 aromatic rings. The molecule has 19 heavy (non-hydrogen) atoms. The lowest BCUT2D eigenvalue weighted by atomic mass is 10.0. The SMILES string of the molecule is Cc1noc(CCNC(C)c2ccc(C)c(C)c2)n1. The maximum Gasteiger partial charge on any atom is 0.227 e. The van der Waals surface area contributed by atoms with Crippen molar-refractivity contribution in [3.63, 3.8) is 0 Å². The van der Waals surface area contributed by atoms with Crippen molar-refractivity contribution in [1.82, 2.24) is 15.5 Å². The van der Waals surface area contributed by atoms with Gasteiger partial charge in [0.05, 0.1) is 0 Å². The minimum Gasteiger partial charge on any atom is -0.339 e. The molecular weight excluding hydrogens is 238 g/mol. The standard InChI is InChI=1S/C15H21N3O/c1-10-5-6-14(9-11(10)2)12(3)16-8-7-15-17-13(4)18-19-15/h5-6,9,12,16H,7-8H2,1-4H3. The second-order valence-corrected chi connectivity index (χ2v) is 5.00. The highest BCUT2D eigenvalue weighted by molar-refractivity contribution is 5.31. The molecule has 0 amide bonds. The smallest absolute Gasteiger partial charge is 0.227 e. The van der Waals surface area contributed by atoms with Gasteiger partial charge >= 0.3 is 0 Å². The van der Waals surface area contributed by atoms with Crippen LogP contribution in [0.4, 0.5) is 0 Å². The number of nitrogens with zero attached hydrogens (tertiary/aromatic N) is 2. The third-order valence-electron chi connectivity index (χ3n) is 3.39. The Bertz CT molecular complexity index is 548. The summed E-state index contributed by atoms with van der Waals surface area (Å²) in [5.74, 6) is 1.38. The van der Waals surface area contributed by atoms with Gasteiger partial charge < -0.3 is 9.84 Å². The Balaban J connectivity index is 1.86. The van der Waals surface area contributed by atoms with Crippen LogP contribution < -0.4 is 5.32 Å². The third kappa shape index (κ3) is 3.64. The molecule has 1 heterocycles. The molecule has 0 aliphatic rings. The summed E-state index contributed by atoms with van der Waals surface area (Å²) in [4.78, 5) is 4.19. The maximum absolute atomic E-state index is 5.09. The van der Waals surface area contributed by atoms with E-state index in [-0.39, 0.29) is 0 Å². The van der Waals surface area contributed by atoms with Crippen LogP contribution in [0.15, 0.2) is 22.7 Å². The number of aromatic nitrogens is 2. The molecule has 0 saturated carbocycles. The molecule has 4 heteroatoms. The van der Waals surface area contributed by atoms with Crippen LogP contribution in [0.2, 0.25) is 0 Å². The number of aryl methyl sites for hydroxylation is 3. The summed E-state index contributed by atoms with van der Waals surface area (Å²) >= 11 is 0.